The van der Waals surface area contributed by atoms with Crippen molar-refractivity contribution < 1.29 is 23.5 Å². The number of likely N-dealkylation sites (tertiary alicyclic amines) is 1. The summed E-state index contributed by atoms with van der Waals surface area (Å²) in [5, 5.41) is 0. The van der Waals surface area contributed by atoms with Crippen molar-refractivity contribution in [3.8, 4) is 11.3 Å². The van der Waals surface area contributed by atoms with Crippen LogP contribution in [0.25, 0.3) is 11.3 Å². The number of carbonyl (C=O) groups is 3. The molecule has 2 aliphatic rings. The molecule has 28 heavy (non-hydrogen) atoms. The predicted molar refractivity (Wildman–Crippen MR) is 98.4 cm³/mol. The van der Waals surface area contributed by atoms with Crippen molar-refractivity contribution in [3.63, 3.8) is 0 Å². The normalized spacial score (nSPS) is 22.2. The van der Waals surface area contributed by atoms with Crippen LogP contribution in [0.15, 0.2) is 53.1 Å². The lowest BCUT2D eigenvalue weighted by Crippen LogP contribution is -2.44. The van der Waals surface area contributed by atoms with Crippen LogP contribution in [0.1, 0.15) is 25.7 Å². The van der Waals surface area contributed by atoms with Gasteiger partial charge in [-0.3, -0.25) is 14.5 Å². The molecular formula is C21H20N2O5. The molecule has 2 heterocycles. The van der Waals surface area contributed by atoms with E-state index in [2.05, 4.69) is 4.98 Å². The monoisotopic (exact) mass is 380 g/mol. The van der Waals surface area contributed by atoms with Crippen molar-refractivity contribution >= 4 is 17.8 Å². The zero-order valence-electron chi connectivity index (χ0n) is 15.4. The van der Waals surface area contributed by atoms with Gasteiger partial charge in [-0.2, -0.15) is 0 Å². The van der Waals surface area contributed by atoms with Crippen molar-refractivity contribution in [3.05, 3.63) is 54.6 Å². The second-order valence-electron chi connectivity index (χ2n) is 6.97. The minimum atomic E-state index is -0.978. The second kappa shape index (κ2) is 7.42. The van der Waals surface area contributed by atoms with Crippen LogP contribution in [0, 0.1) is 11.8 Å². The molecule has 1 aromatic carbocycles. The molecule has 0 spiro atoms. The fraction of sp³-hybridized carbons (Fsp3) is 0.333. The standard InChI is InChI=1S/C21H20N2O5/c1-13(23-19(24)15-9-5-6-10-16(15)20(23)25)21(26)27-12-18-22-11-17(28-18)14-7-3-2-4-8-14/h2-8,11,13,15-16H,9-10,12H2,1H3/t13-,15+,16+/m0/s1. The molecular weight excluding hydrogens is 360 g/mol. The molecule has 4 rings (SSSR count). The number of imide groups is 1. The van der Waals surface area contributed by atoms with Gasteiger partial charge in [-0.05, 0) is 19.8 Å². The van der Waals surface area contributed by atoms with Gasteiger partial charge in [0.05, 0.1) is 18.0 Å². The number of hydrogen-bond acceptors (Lipinski definition) is 6. The highest BCUT2D eigenvalue weighted by Crippen LogP contribution is 2.36. The summed E-state index contributed by atoms with van der Waals surface area (Å²) in [5.41, 5.74) is 0.866. The third-order valence-electron chi connectivity index (χ3n) is 5.22. The molecule has 1 saturated heterocycles. The lowest BCUT2D eigenvalue weighted by Gasteiger charge is -2.21. The lowest BCUT2D eigenvalue weighted by molar-refractivity contribution is -0.159. The van der Waals surface area contributed by atoms with Crippen molar-refractivity contribution in [1.29, 1.82) is 0 Å². The van der Waals surface area contributed by atoms with E-state index in [9.17, 15) is 14.4 Å². The van der Waals surface area contributed by atoms with E-state index < -0.39 is 12.0 Å². The molecule has 7 nitrogen and oxygen atoms in total. The lowest BCUT2D eigenvalue weighted by atomic mass is 9.85. The van der Waals surface area contributed by atoms with Gasteiger partial charge in [0.1, 0.15) is 6.04 Å². The zero-order valence-corrected chi connectivity index (χ0v) is 15.4. The van der Waals surface area contributed by atoms with Gasteiger partial charge in [-0.15, -0.1) is 0 Å². The Hall–Kier alpha value is -3.22. The zero-order chi connectivity index (χ0) is 19.7. The summed E-state index contributed by atoms with van der Waals surface area (Å²) < 4.78 is 10.8. The Balaban J connectivity index is 1.38. The highest BCUT2D eigenvalue weighted by Gasteiger charge is 2.50. The Kier molecular flexibility index (Phi) is 4.81. The first-order valence-corrected chi connectivity index (χ1v) is 9.25. The number of fused-ring (bicyclic) bond motifs is 1. The SMILES string of the molecule is C[C@@H](C(=O)OCc1ncc(-c2ccccc2)o1)N1C(=O)[C@@H]2CC=CC[C@H]2C1=O. The summed E-state index contributed by atoms with van der Waals surface area (Å²) in [5.74, 6) is -1.18. The highest BCUT2D eigenvalue weighted by atomic mass is 16.5. The van der Waals surface area contributed by atoms with E-state index in [-0.39, 0.29) is 36.1 Å². The van der Waals surface area contributed by atoms with Gasteiger partial charge in [0.25, 0.3) is 0 Å². The van der Waals surface area contributed by atoms with Crippen LogP contribution in [0.3, 0.4) is 0 Å². The first-order valence-electron chi connectivity index (χ1n) is 9.25. The quantitative estimate of drug-likeness (QED) is 0.450. The average molecular weight is 380 g/mol. The summed E-state index contributed by atoms with van der Waals surface area (Å²) >= 11 is 0. The van der Waals surface area contributed by atoms with Gasteiger partial charge in [0.2, 0.25) is 17.7 Å². The Morgan fingerprint density at radius 2 is 1.82 bits per heavy atom. The third-order valence-corrected chi connectivity index (χ3v) is 5.22. The molecule has 1 fully saturated rings. The van der Waals surface area contributed by atoms with Crippen LogP contribution >= 0.6 is 0 Å². The largest absolute Gasteiger partial charge is 0.454 e. The maximum Gasteiger partial charge on any atom is 0.329 e. The first-order chi connectivity index (χ1) is 13.6. The number of oxazole rings is 1. The number of amides is 2. The second-order valence-corrected chi connectivity index (χ2v) is 6.97. The number of carbonyl (C=O) groups excluding carboxylic acids is 3. The number of benzene rings is 1. The fourth-order valence-electron chi connectivity index (χ4n) is 3.68. The van der Waals surface area contributed by atoms with Crippen molar-refractivity contribution in [1.82, 2.24) is 9.88 Å². The van der Waals surface area contributed by atoms with E-state index in [1.165, 1.54) is 6.92 Å². The third kappa shape index (κ3) is 3.24. The minimum Gasteiger partial charge on any atom is -0.454 e. The summed E-state index contributed by atoms with van der Waals surface area (Å²) in [6.07, 6.45) is 6.45. The molecule has 2 aromatic rings. The van der Waals surface area contributed by atoms with Gasteiger partial charge in [0, 0.05) is 5.56 Å². The highest BCUT2D eigenvalue weighted by molar-refractivity contribution is 6.08. The molecule has 0 radical (unpaired) electrons. The van der Waals surface area contributed by atoms with Crippen molar-refractivity contribution in [2.75, 3.05) is 0 Å². The summed E-state index contributed by atoms with van der Waals surface area (Å²) in [7, 11) is 0. The average Bonchev–Trinajstić information content (AvgIpc) is 3.30. The van der Waals surface area contributed by atoms with Crippen LogP contribution in [0.4, 0.5) is 0 Å². The smallest absolute Gasteiger partial charge is 0.329 e. The van der Waals surface area contributed by atoms with Gasteiger partial charge in [0.15, 0.2) is 12.4 Å². The number of allylic oxidation sites excluding steroid dienone is 2. The molecule has 0 N–H and O–H groups in total. The Labute approximate surface area is 162 Å². The molecule has 0 unspecified atom stereocenters. The Morgan fingerprint density at radius 1 is 1.18 bits per heavy atom. The van der Waals surface area contributed by atoms with Crippen LogP contribution in [0.2, 0.25) is 0 Å². The van der Waals surface area contributed by atoms with Gasteiger partial charge in [-0.1, -0.05) is 42.5 Å². The number of hydrogen-bond donors (Lipinski definition) is 0. The van der Waals surface area contributed by atoms with E-state index in [0.717, 1.165) is 10.5 Å². The molecule has 144 valence electrons. The molecule has 2 amide bonds. The minimum absolute atomic E-state index is 0.166. The molecule has 0 saturated carbocycles. The molecule has 1 aliphatic carbocycles. The summed E-state index contributed by atoms with van der Waals surface area (Å²) in [6, 6.07) is 8.47. The number of ether oxygens (including phenoxy) is 1. The predicted octanol–water partition coefficient (Wildman–Crippen LogP) is 2.72. The summed E-state index contributed by atoms with van der Waals surface area (Å²) in [6.45, 7) is 1.34. The van der Waals surface area contributed by atoms with Crippen LogP contribution in [-0.2, 0) is 25.7 Å². The molecule has 3 atom stereocenters. The van der Waals surface area contributed by atoms with Crippen LogP contribution in [0.5, 0.6) is 0 Å². The van der Waals surface area contributed by atoms with E-state index in [4.69, 9.17) is 9.15 Å². The molecule has 7 heteroatoms. The van der Waals surface area contributed by atoms with Crippen molar-refractivity contribution in [2.45, 2.75) is 32.4 Å². The number of rotatable bonds is 5. The maximum absolute atomic E-state index is 12.6. The van der Waals surface area contributed by atoms with Gasteiger partial charge >= 0.3 is 5.97 Å². The molecule has 1 aliphatic heterocycles. The van der Waals surface area contributed by atoms with Crippen LogP contribution < -0.4 is 0 Å². The van der Waals surface area contributed by atoms with E-state index >= 15 is 0 Å². The number of nitrogens with zero attached hydrogens (tertiary/aromatic N) is 2. The van der Waals surface area contributed by atoms with E-state index in [1.807, 2.05) is 42.5 Å². The number of esters is 1. The van der Waals surface area contributed by atoms with Crippen molar-refractivity contribution in [2.24, 2.45) is 11.8 Å². The van der Waals surface area contributed by atoms with E-state index in [1.54, 1.807) is 6.20 Å². The topological polar surface area (TPSA) is 89.7 Å². The van der Waals surface area contributed by atoms with Gasteiger partial charge in [-0.25, -0.2) is 9.78 Å². The van der Waals surface area contributed by atoms with Gasteiger partial charge < -0.3 is 9.15 Å². The Morgan fingerprint density at radius 3 is 2.46 bits per heavy atom. The van der Waals surface area contributed by atoms with E-state index in [0.29, 0.717) is 18.6 Å². The fourth-order valence-corrected chi connectivity index (χ4v) is 3.68. The number of aromatic nitrogens is 1. The van der Waals surface area contributed by atoms with Crippen LogP contribution in [-0.4, -0.2) is 33.7 Å². The first kappa shape index (κ1) is 18.2. The molecule has 1 aromatic heterocycles. The Bertz CT molecular complexity index is 907. The summed E-state index contributed by atoms with van der Waals surface area (Å²) in [4.78, 5) is 42.7. The molecule has 0 bridgehead atoms. The maximum atomic E-state index is 12.6.